The monoisotopic (exact) mass is 224 g/mol. The molecule has 16 heavy (non-hydrogen) atoms. The molecule has 86 valence electrons. The summed E-state index contributed by atoms with van der Waals surface area (Å²) in [5.74, 6) is -0.962. The van der Waals surface area contributed by atoms with Crippen molar-refractivity contribution in [1.29, 1.82) is 0 Å². The lowest BCUT2D eigenvalue weighted by atomic mass is 10.3. The quantitative estimate of drug-likeness (QED) is 0.792. The number of carbonyl (C=O) groups excluding carboxylic acids is 1. The minimum Gasteiger partial charge on any atom is -0.480 e. The van der Waals surface area contributed by atoms with Crippen molar-refractivity contribution < 1.29 is 19.2 Å². The van der Waals surface area contributed by atoms with Crippen LogP contribution in [0.5, 0.6) is 0 Å². The lowest BCUT2D eigenvalue weighted by Crippen LogP contribution is -2.37. The van der Waals surface area contributed by atoms with E-state index in [0.29, 0.717) is 12.5 Å². The van der Waals surface area contributed by atoms with Crippen LogP contribution in [0.4, 0.5) is 0 Å². The molecule has 1 N–H and O–H groups in total. The van der Waals surface area contributed by atoms with Gasteiger partial charge in [-0.2, -0.15) is 0 Å². The molecule has 1 heterocycles. The van der Waals surface area contributed by atoms with Gasteiger partial charge in [-0.25, -0.2) is 0 Å². The number of carboxylic acids is 1. The Bertz CT molecular complexity index is 384. The molecule has 1 saturated carbocycles. The van der Waals surface area contributed by atoms with Crippen molar-refractivity contribution >= 4 is 11.9 Å². The van der Waals surface area contributed by atoms with Gasteiger partial charge in [0.1, 0.15) is 12.8 Å². The Balaban J connectivity index is 2.04. The van der Waals surface area contributed by atoms with Gasteiger partial charge in [-0.3, -0.25) is 9.59 Å². The fourth-order valence-corrected chi connectivity index (χ4v) is 1.48. The second kappa shape index (κ2) is 4.34. The standard InChI is InChI=1S/C10H12N2O4/c13-9(14)6-12(5-7-1-2-7)10(15)8-3-4-16-11-8/h3-4,7H,1-2,5-6H2,(H,13,14). The molecule has 1 aromatic heterocycles. The second-order valence-electron chi connectivity index (χ2n) is 3.91. The molecule has 0 spiro atoms. The molecule has 6 heteroatoms. The van der Waals surface area contributed by atoms with E-state index in [4.69, 9.17) is 5.11 Å². The van der Waals surface area contributed by atoms with Gasteiger partial charge in [-0.1, -0.05) is 5.16 Å². The van der Waals surface area contributed by atoms with Gasteiger partial charge in [-0.05, 0) is 18.8 Å². The van der Waals surface area contributed by atoms with Gasteiger partial charge in [-0.15, -0.1) is 0 Å². The number of aliphatic carboxylic acids is 1. The number of aromatic nitrogens is 1. The SMILES string of the molecule is O=C(O)CN(CC1CC1)C(=O)c1ccon1. The number of carbonyl (C=O) groups is 2. The van der Waals surface area contributed by atoms with E-state index in [1.54, 1.807) is 0 Å². The van der Waals surface area contributed by atoms with Gasteiger partial charge in [0, 0.05) is 12.6 Å². The van der Waals surface area contributed by atoms with Crippen LogP contribution in [0.1, 0.15) is 23.3 Å². The highest BCUT2D eigenvalue weighted by Gasteiger charge is 2.29. The van der Waals surface area contributed by atoms with Crippen molar-refractivity contribution in [2.45, 2.75) is 12.8 Å². The van der Waals surface area contributed by atoms with Gasteiger partial charge >= 0.3 is 5.97 Å². The van der Waals surface area contributed by atoms with Crippen LogP contribution in [-0.4, -0.2) is 40.1 Å². The predicted molar refractivity (Wildman–Crippen MR) is 52.8 cm³/mol. The summed E-state index contributed by atoms with van der Waals surface area (Å²) in [4.78, 5) is 23.8. The van der Waals surface area contributed by atoms with E-state index in [2.05, 4.69) is 9.68 Å². The molecule has 2 rings (SSSR count). The molecule has 6 nitrogen and oxygen atoms in total. The summed E-state index contributed by atoms with van der Waals surface area (Å²) in [6.07, 6.45) is 3.41. The minimum absolute atomic E-state index is 0.155. The fraction of sp³-hybridized carbons (Fsp3) is 0.500. The van der Waals surface area contributed by atoms with Gasteiger partial charge in [0.2, 0.25) is 0 Å². The smallest absolute Gasteiger partial charge is 0.323 e. The average Bonchev–Trinajstić information content (AvgIpc) is 2.88. The predicted octanol–water partition coefficient (Wildman–Crippen LogP) is 0.611. The Labute approximate surface area is 91.8 Å². The molecular formula is C10H12N2O4. The fourth-order valence-electron chi connectivity index (χ4n) is 1.48. The number of carboxylic acid groups (broad SMARTS) is 1. The maximum absolute atomic E-state index is 11.8. The zero-order valence-electron chi connectivity index (χ0n) is 8.63. The maximum Gasteiger partial charge on any atom is 0.323 e. The van der Waals surface area contributed by atoms with Crippen LogP contribution in [0.2, 0.25) is 0 Å². The number of nitrogens with zero attached hydrogens (tertiary/aromatic N) is 2. The second-order valence-corrected chi connectivity index (χ2v) is 3.91. The van der Waals surface area contributed by atoms with E-state index in [-0.39, 0.29) is 18.1 Å². The van der Waals surface area contributed by atoms with Crippen molar-refractivity contribution in [3.05, 3.63) is 18.0 Å². The number of amides is 1. The molecule has 1 aliphatic rings. The molecule has 0 radical (unpaired) electrons. The van der Waals surface area contributed by atoms with E-state index in [0.717, 1.165) is 12.8 Å². The zero-order valence-corrected chi connectivity index (χ0v) is 8.63. The van der Waals surface area contributed by atoms with Gasteiger partial charge in [0.05, 0.1) is 0 Å². The zero-order chi connectivity index (χ0) is 11.5. The van der Waals surface area contributed by atoms with Crippen molar-refractivity contribution in [2.24, 2.45) is 5.92 Å². The summed E-state index contributed by atoms with van der Waals surface area (Å²) in [7, 11) is 0. The normalized spacial score (nSPS) is 14.8. The van der Waals surface area contributed by atoms with E-state index in [1.807, 2.05) is 0 Å². The van der Waals surface area contributed by atoms with Crippen molar-refractivity contribution in [3.63, 3.8) is 0 Å². The lowest BCUT2D eigenvalue weighted by Gasteiger charge is -2.18. The Hall–Kier alpha value is -1.85. The molecule has 0 aliphatic heterocycles. The van der Waals surface area contributed by atoms with E-state index in [1.165, 1.54) is 17.2 Å². The Kier molecular flexibility index (Phi) is 2.89. The van der Waals surface area contributed by atoms with Crippen LogP contribution in [0, 0.1) is 5.92 Å². The highest BCUT2D eigenvalue weighted by atomic mass is 16.5. The lowest BCUT2D eigenvalue weighted by molar-refractivity contribution is -0.137. The van der Waals surface area contributed by atoms with Gasteiger partial charge in [0.15, 0.2) is 5.69 Å². The van der Waals surface area contributed by atoms with Crippen LogP contribution in [0.25, 0.3) is 0 Å². The molecule has 1 fully saturated rings. The first-order chi connectivity index (χ1) is 7.66. The van der Waals surface area contributed by atoms with Crippen LogP contribution in [0.15, 0.2) is 16.9 Å². The largest absolute Gasteiger partial charge is 0.480 e. The average molecular weight is 224 g/mol. The Morgan fingerprint density at radius 2 is 2.31 bits per heavy atom. The van der Waals surface area contributed by atoms with Crippen LogP contribution in [0.3, 0.4) is 0 Å². The van der Waals surface area contributed by atoms with Crippen LogP contribution in [-0.2, 0) is 4.79 Å². The molecule has 1 aliphatic carbocycles. The third-order valence-corrected chi connectivity index (χ3v) is 2.45. The van der Waals surface area contributed by atoms with Crippen molar-refractivity contribution in [3.8, 4) is 0 Å². The first-order valence-electron chi connectivity index (χ1n) is 5.08. The van der Waals surface area contributed by atoms with E-state index < -0.39 is 5.97 Å². The minimum atomic E-state index is -1.02. The van der Waals surface area contributed by atoms with Crippen LogP contribution < -0.4 is 0 Å². The summed E-state index contributed by atoms with van der Waals surface area (Å²) >= 11 is 0. The summed E-state index contributed by atoms with van der Waals surface area (Å²) in [5.41, 5.74) is 0.155. The molecular weight excluding hydrogens is 212 g/mol. The maximum atomic E-state index is 11.8. The third kappa shape index (κ3) is 2.59. The highest BCUT2D eigenvalue weighted by molar-refractivity contribution is 5.93. The van der Waals surface area contributed by atoms with Crippen molar-refractivity contribution in [1.82, 2.24) is 10.1 Å². The molecule has 0 atom stereocenters. The molecule has 0 saturated heterocycles. The summed E-state index contributed by atoms with van der Waals surface area (Å²) in [6, 6.07) is 1.43. The number of rotatable bonds is 5. The Morgan fingerprint density at radius 1 is 1.56 bits per heavy atom. The highest BCUT2D eigenvalue weighted by Crippen LogP contribution is 2.30. The van der Waals surface area contributed by atoms with E-state index in [9.17, 15) is 9.59 Å². The van der Waals surface area contributed by atoms with Gasteiger partial charge in [0.25, 0.3) is 5.91 Å². The summed E-state index contributed by atoms with van der Waals surface area (Å²) in [6.45, 7) is 0.195. The summed E-state index contributed by atoms with van der Waals surface area (Å²) in [5, 5.41) is 12.2. The number of hydrogen-bond acceptors (Lipinski definition) is 4. The first-order valence-corrected chi connectivity index (χ1v) is 5.08. The van der Waals surface area contributed by atoms with Gasteiger partial charge < -0.3 is 14.5 Å². The first kappa shape index (κ1) is 10.7. The molecule has 1 amide bonds. The van der Waals surface area contributed by atoms with Crippen molar-refractivity contribution in [2.75, 3.05) is 13.1 Å². The topological polar surface area (TPSA) is 83.6 Å². The molecule has 1 aromatic rings. The van der Waals surface area contributed by atoms with E-state index >= 15 is 0 Å². The third-order valence-electron chi connectivity index (χ3n) is 2.45. The molecule has 0 unspecified atom stereocenters. The molecule has 0 bridgehead atoms. The number of hydrogen-bond donors (Lipinski definition) is 1. The molecule has 0 aromatic carbocycles. The Morgan fingerprint density at radius 3 is 2.81 bits per heavy atom. The van der Waals surface area contributed by atoms with Crippen LogP contribution >= 0.6 is 0 Å². The summed E-state index contributed by atoms with van der Waals surface area (Å²) < 4.78 is 4.57.